The summed E-state index contributed by atoms with van der Waals surface area (Å²) in [5, 5.41) is 7.45. The first-order valence-electron chi connectivity index (χ1n) is 20.5. The summed E-state index contributed by atoms with van der Waals surface area (Å²) in [6.07, 6.45) is 0. The number of para-hydroxylation sites is 2. The molecule has 0 unspecified atom stereocenters. The molecule has 0 radical (unpaired) electrons. The molecular formula is C57H37N3. The topological polar surface area (TPSA) is 22.8 Å². The first kappa shape index (κ1) is 34.1. The van der Waals surface area contributed by atoms with Gasteiger partial charge in [-0.25, -0.2) is 4.98 Å². The Morgan fingerprint density at radius 2 is 0.783 bits per heavy atom. The normalized spacial score (nSPS) is 11.7. The van der Waals surface area contributed by atoms with E-state index in [1.807, 2.05) is 12.1 Å². The van der Waals surface area contributed by atoms with Gasteiger partial charge in [0, 0.05) is 43.7 Å². The van der Waals surface area contributed by atoms with Gasteiger partial charge in [0.1, 0.15) is 0 Å². The molecule has 3 nitrogen and oxygen atoms in total. The van der Waals surface area contributed by atoms with E-state index in [-0.39, 0.29) is 0 Å². The Hall–Kier alpha value is -8.01. The molecule has 0 saturated heterocycles. The van der Waals surface area contributed by atoms with Crippen LogP contribution in [0.1, 0.15) is 0 Å². The van der Waals surface area contributed by atoms with Crippen LogP contribution in [0.25, 0.3) is 111 Å². The van der Waals surface area contributed by atoms with Crippen molar-refractivity contribution in [3.05, 3.63) is 224 Å². The molecule has 0 aliphatic rings. The van der Waals surface area contributed by atoms with Crippen LogP contribution in [0, 0.1) is 0 Å². The maximum absolute atomic E-state index is 5.10. The van der Waals surface area contributed by atoms with Crippen LogP contribution in [-0.2, 0) is 0 Å². The highest BCUT2D eigenvalue weighted by molar-refractivity contribution is 6.13. The summed E-state index contributed by atoms with van der Waals surface area (Å²) in [5.74, 6) is 0. The fourth-order valence-electron chi connectivity index (χ4n) is 9.26. The quantitative estimate of drug-likeness (QED) is 0.165. The molecule has 9 aromatic carbocycles. The maximum atomic E-state index is 5.10. The van der Waals surface area contributed by atoms with E-state index >= 15 is 0 Å². The van der Waals surface area contributed by atoms with E-state index in [2.05, 4.69) is 221 Å². The van der Waals surface area contributed by atoms with Gasteiger partial charge in [0.15, 0.2) is 0 Å². The van der Waals surface area contributed by atoms with E-state index in [0.29, 0.717) is 0 Å². The molecule has 0 aliphatic heterocycles. The molecule has 0 saturated carbocycles. The lowest BCUT2D eigenvalue weighted by Gasteiger charge is -2.13. The van der Waals surface area contributed by atoms with Crippen LogP contribution in [0.15, 0.2) is 224 Å². The lowest BCUT2D eigenvalue weighted by atomic mass is 9.99. The van der Waals surface area contributed by atoms with Crippen LogP contribution in [0.3, 0.4) is 0 Å². The van der Waals surface area contributed by atoms with E-state index in [1.165, 1.54) is 71.2 Å². The molecule has 0 amide bonds. The van der Waals surface area contributed by atoms with Gasteiger partial charge in [-0.3, -0.25) is 0 Å². The fraction of sp³-hybridized carbons (Fsp3) is 0. The zero-order chi connectivity index (χ0) is 39.6. The highest BCUT2D eigenvalue weighted by Gasteiger charge is 2.18. The molecule has 280 valence electrons. The minimum Gasteiger partial charge on any atom is -0.309 e. The van der Waals surface area contributed by atoms with Gasteiger partial charge < -0.3 is 9.13 Å². The average molecular weight is 764 g/mol. The minimum atomic E-state index is 0.961. The Kier molecular flexibility index (Phi) is 7.85. The Labute approximate surface area is 347 Å². The van der Waals surface area contributed by atoms with Crippen molar-refractivity contribution in [2.75, 3.05) is 0 Å². The maximum Gasteiger partial charge on any atom is 0.0715 e. The first-order valence-corrected chi connectivity index (χ1v) is 20.5. The van der Waals surface area contributed by atoms with Crippen molar-refractivity contribution in [3.8, 4) is 56.1 Å². The third-order valence-corrected chi connectivity index (χ3v) is 12.1. The predicted molar refractivity (Wildman–Crippen MR) is 252 cm³/mol. The van der Waals surface area contributed by atoms with Gasteiger partial charge in [-0.1, -0.05) is 164 Å². The van der Waals surface area contributed by atoms with Crippen LogP contribution < -0.4 is 0 Å². The number of benzene rings is 9. The third kappa shape index (κ3) is 5.55. The number of hydrogen-bond donors (Lipinski definition) is 0. The SMILES string of the molecule is c1ccc(-c2cc(-c3ccc(-n4c5ccccc5c5cc(-c6ccc7c8ccccc8n(-c8cccc9ccccc89)c7c6)ccc54)cc3)cc(-c3ccccc3)n2)cc1. The van der Waals surface area contributed by atoms with Gasteiger partial charge in [0.2, 0.25) is 0 Å². The smallest absolute Gasteiger partial charge is 0.0715 e. The van der Waals surface area contributed by atoms with Crippen LogP contribution in [0.2, 0.25) is 0 Å². The monoisotopic (exact) mass is 763 g/mol. The lowest BCUT2D eigenvalue weighted by Crippen LogP contribution is -1.95. The van der Waals surface area contributed by atoms with Crippen molar-refractivity contribution in [2.45, 2.75) is 0 Å². The summed E-state index contributed by atoms with van der Waals surface area (Å²) in [5.41, 5.74) is 15.9. The summed E-state index contributed by atoms with van der Waals surface area (Å²) < 4.78 is 4.85. The van der Waals surface area contributed by atoms with Gasteiger partial charge in [-0.2, -0.15) is 0 Å². The highest BCUT2D eigenvalue weighted by Crippen LogP contribution is 2.40. The largest absolute Gasteiger partial charge is 0.309 e. The van der Waals surface area contributed by atoms with Gasteiger partial charge in [0.25, 0.3) is 0 Å². The van der Waals surface area contributed by atoms with Crippen molar-refractivity contribution >= 4 is 54.4 Å². The molecule has 12 rings (SSSR count). The minimum absolute atomic E-state index is 0.961. The number of hydrogen-bond acceptors (Lipinski definition) is 1. The van der Waals surface area contributed by atoms with Crippen molar-refractivity contribution in [3.63, 3.8) is 0 Å². The predicted octanol–water partition coefficient (Wildman–Crippen LogP) is 15.1. The van der Waals surface area contributed by atoms with Crippen molar-refractivity contribution in [1.82, 2.24) is 14.1 Å². The first-order chi connectivity index (χ1) is 29.7. The summed E-state index contributed by atoms with van der Waals surface area (Å²) in [7, 11) is 0. The van der Waals surface area contributed by atoms with Gasteiger partial charge >= 0.3 is 0 Å². The number of rotatable bonds is 6. The molecule has 3 heteroatoms. The van der Waals surface area contributed by atoms with Crippen molar-refractivity contribution in [1.29, 1.82) is 0 Å². The Balaban J connectivity index is 0.972. The van der Waals surface area contributed by atoms with E-state index in [4.69, 9.17) is 4.98 Å². The van der Waals surface area contributed by atoms with Gasteiger partial charge in [-0.05, 0) is 88.3 Å². The fourth-order valence-corrected chi connectivity index (χ4v) is 9.26. The molecule has 60 heavy (non-hydrogen) atoms. The van der Waals surface area contributed by atoms with Crippen molar-refractivity contribution < 1.29 is 0 Å². The number of fused-ring (bicyclic) bond motifs is 7. The molecule has 12 aromatic rings. The molecule has 0 aliphatic carbocycles. The molecule has 0 atom stereocenters. The van der Waals surface area contributed by atoms with Gasteiger partial charge in [-0.15, -0.1) is 0 Å². The molecule has 0 fully saturated rings. The molecule has 0 spiro atoms. The molecule has 3 aromatic heterocycles. The number of nitrogens with zero attached hydrogens (tertiary/aromatic N) is 3. The molecular weight excluding hydrogens is 727 g/mol. The standard InChI is InChI=1S/C57H37N3/c1-3-15-40(16-4-1)51-35-44(36-52(58-51)41-17-5-2-6-18-41)38-26-30-45(31-27-38)59-54-23-11-10-22-48(54)50-34-42(29-33-56(50)59)43-28-32-49-47-21-9-12-24-55(47)60(57(49)37-43)53-25-13-19-39-14-7-8-20-46(39)53/h1-37H. The Bertz CT molecular complexity index is 3510. The summed E-state index contributed by atoms with van der Waals surface area (Å²) in [6.45, 7) is 0. The summed E-state index contributed by atoms with van der Waals surface area (Å²) >= 11 is 0. The van der Waals surface area contributed by atoms with Crippen molar-refractivity contribution in [2.24, 2.45) is 0 Å². The molecule has 3 heterocycles. The van der Waals surface area contributed by atoms with Crippen LogP contribution in [0.5, 0.6) is 0 Å². The van der Waals surface area contributed by atoms with Crippen LogP contribution in [-0.4, -0.2) is 14.1 Å². The summed E-state index contributed by atoms with van der Waals surface area (Å²) in [4.78, 5) is 5.10. The zero-order valence-corrected chi connectivity index (χ0v) is 32.7. The second-order valence-electron chi connectivity index (χ2n) is 15.6. The second kappa shape index (κ2) is 13.8. The van der Waals surface area contributed by atoms with E-state index in [1.54, 1.807) is 0 Å². The van der Waals surface area contributed by atoms with Gasteiger partial charge in [0.05, 0.1) is 39.1 Å². The zero-order valence-electron chi connectivity index (χ0n) is 32.7. The van der Waals surface area contributed by atoms with E-state index in [9.17, 15) is 0 Å². The molecule has 0 N–H and O–H groups in total. The Morgan fingerprint density at radius 1 is 0.267 bits per heavy atom. The molecule has 0 bridgehead atoms. The van der Waals surface area contributed by atoms with E-state index < -0.39 is 0 Å². The highest BCUT2D eigenvalue weighted by atomic mass is 15.0. The second-order valence-corrected chi connectivity index (χ2v) is 15.6. The Morgan fingerprint density at radius 3 is 1.50 bits per heavy atom. The summed E-state index contributed by atoms with van der Waals surface area (Å²) in [6, 6.07) is 81.0. The van der Waals surface area contributed by atoms with Crippen LogP contribution in [0.4, 0.5) is 0 Å². The number of aromatic nitrogens is 3. The van der Waals surface area contributed by atoms with E-state index in [0.717, 1.165) is 39.3 Å². The third-order valence-electron chi connectivity index (χ3n) is 12.1. The van der Waals surface area contributed by atoms with Crippen LogP contribution >= 0.6 is 0 Å². The number of pyridine rings is 1. The average Bonchev–Trinajstić information content (AvgIpc) is 3.84. The lowest BCUT2D eigenvalue weighted by molar-refractivity contribution is 1.18.